The first-order chi connectivity index (χ1) is 16.9. The fourth-order valence-corrected chi connectivity index (χ4v) is 4.94. The second kappa shape index (κ2) is 11.7. The predicted octanol–water partition coefficient (Wildman–Crippen LogP) is 3.07. The van der Waals surface area contributed by atoms with Gasteiger partial charge in [0.25, 0.3) is 0 Å². The number of halogens is 1. The molecule has 0 bridgehead atoms. The number of benzene rings is 1. The van der Waals surface area contributed by atoms with E-state index in [1.807, 2.05) is 35.4 Å². The van der Waals surface area contributed by atoms with Crippen LogP contribution in [0.3, 0.4) is 0 Å². The van der Waals surface area contributed by atoms with E-state index >= 15 is 0 Å². The third-order valence-electron chi connectivity index (χ3n) is 7.01. The molecule has 2 aliphatic rings. The Balaban J connectivity index is 1.48. The first-order valence-corrected chi connectivity index (χ1v) is 13.0. The van der Waals surface area contributed by atoms with E-state index in [1.54, 1.807) is 0 Å². The molecule has 9 heteroatoms. The monoisotopic (exact) mass is 503 g/mol. The summed E-state index contributed by atoms with van der Waals surface area (Å²) in [6.07, 6.45) is 3.33. The van der Waals surface area contributed by atoms with Crippen LogP contribution in [0, 0.1) is 6.92 Å². The van der Waals surface area contributed by atoms with Gasteiger partial charge >= 0.3 is 0 Å². The lowest BCUT2D eigenvalue weighted by atomic mass is 9.96. The molecule has 1 amide bonds. The highest BCUT2D eigenvalue weighted by molar-refractivity contribution is 6.30. The number of aromatic nitrogens is 2. The number of morpholine rings is 1. The smallest absolute Gasteiger partial charge is 0.225 e. The van der Waals surface area contributed by atoms with Crippen molar-refractivity contribution in [1.82, 2.24) is 24.5 Å². The highest BCUT2D eigenvalue weighted by atomic mass is 35.5. The quantitative estimate of drug-likeness (QED) is 0.524. The summed E-state index contributed by atoms with van der Waals surface area (Å²) in [5.41, 5.74) is 1.71. The van der Waals surface area contributed by atoms with E-state index in [0.717, 1.165) is 58.0 Å². The molecule has 0 radical (unpaired) electrons. The van der Waals surface area contributed by atoms with Crippen molar-refractivity contribution in [2.75, 3.05) is 59.5 Å². The van der Waals surface area contributed by atoms with Gasteiger partial charge in [-0.2, -0.15) is 5.10 Å². The lowest BCUT2D eigenvalue weighted by molar-refractivity contribution is -0.157. The Kier molecular flexibility index (Phi) is 8.70. The van der Waals surface area contributed by atoms with Gasteiger partial charge in [0, 0.05) is 68.6 Å². The Labute approximate surface area is 213 Å². The van der Waals surface area contributed by atoms with Gasteiger partial charge in [0.15, 0.2) is 0 Å². The van der Waals surface area contributed by atoms with E-state index in [9.17, 15) is 4.79 Å². The topological polar surface area (TPSA) is 63.1 Å². The van der Waals surface area contributed by atoms with E-state index in [2.05, 4.69) is 40.5 Å². The largest absolute Gasteiger partial charge is 0.491 e. The molecular weight excluding hydrogens is 466 g/mol. The Morgan fingerprint density at radius 2 is 1.91 bits per heavy atom. The second-order valence-electron chi connectivity index (χ2n) is 9.82. The van der Waals surface area contributed by atoms with Crippen LogP contribution in [0.4, 0.5) is 0 Å². The standard InChI is InChI=1S/C26H38ClN5O3/c1-4-9-32-21(2)22(17-28-32)18-30-14-15-35-26(19-30,20-34-24-7-5-23(27)6-8-24)16-25(33)31-12-10-29(3)11-13-31/h5-8,17H,4,9-16,18-20H2,1-3H3/t26-/m0/s1. The Hall–Kier alpha value is -2.13. The number of amides is 1. The van der Waals surface area contributed by atoms with Gasteiger partial charge in [0.1, 0.15) is 18.0 Å². The van der Waals surface area contributed by atoms with Crippen molar-refractivity contribution in [3.8, 4) is 5.75 Å². The molecule has 2 aliphatic heterocycles. The van der Waals surface area contributed by atoms with Crippen LogP contribution in [0.15, 0.2) is 30.5 Å². The van der Waals surface area contributed by atoms with Gasteiger partial charge in [-0.25, -0.2) is 0 Å². The number of hydrogen-bond donors (Lipinski definition) is 0. The molecule has 0 spiro atoms. The number of aryl methyl sites for hydroxylation is 1. The zero-order chi connectivity index (χ0) is 24.8. The van der Waals surface area contributed by atoms with Crippen LogP contribution in [-0.4, -0.2) is 95.5 Å². The van der Waals surface area contributed by atoms with Gasteiger partial charge < -0.3 is 19.3 Å². The third kappa shape index (κ3) is 6.76. The van der Waals surface area contributed by atoms with Gasteiger partial charge in [0.2, 0.25) is 5.91 Å². The average Bonchev–Trinajstić information content (AvgIpc) is 3.18. The minimum absolute atomic E-state index is 0.131. The summed E-state index contributed by atoms with van der Waals surface area (Å²) in [4.78, 5) is 19.9. The first kappa shape index (κ1) is 25.9. The molecule has 1 aromatic heterocycles. The van der Waals surface area contributed by atoms with Crippen LogP contribution < -0.4 is 4.74 Å². The van der Waals surface area contributed by atoms with Crippen LogP contribution in [0.2, 0.25) is 5.02 Å². The van der Waals surface area contributed by atoms with E-state index in [1.165, 1.54) is 11.3 Å². The SMILES string of the molecule is CCCn1ncc(CN2CCO[C@@](COc3ccc(Cl)cc3)(CC(=O)N3CCN(C)CC3)C2)c1C. The summed E-state index contributed by atoms with van der Waals surface area (Å²) in [6.45, 7) is 11.6. The van der Waals surface area contributed by atoms with E-state index < -0.39 is 5.60 Å². The van der Waals surface area contributed by atoms with Crippen molar-refractivity contribution in [1.29, 1.82) is 0 Å². The van der Waals surface area contributed by atoms with Crippen LogP contribution in [0.25, 0.3) is 0 Å². The number of nitrogens with zero attached hydrogens (tertiary/aromatic N) is 5. The van der Waals surface area contributed by atoms with Crippen LogP contribution in [0.5, 0.6) is 5.75 Å². The number of hydrogen-bond acceptors (Lipinski definition) is 6. The minimum atomic E-state index is -0.717. The Morgan fingerprint density at radius 1 is 1.17 bits per heavy atom. The molecule has 4 rings (SSSR count). The number of carbonyl (C=O) groups excluding carboxylic acids is 1. The van der Waals surface area contributed by atoms with Crippen molar-refractivity contribution in [2.24, 2.45) is 0 Å². The maximum absolute atomic E-state index is 13.4. The lowest BCUT2D eigenvalue weighted by Crippen LogP contribution is -2.58. The number of piperazine rings is 1. The van der Waals surface area contributed by atoms with Gasteiger partial charge in [-0.1, -0.05) is 18.5 Å². The molecule has 0 unspecified atom stereocenters. The molecular formula is C26H38ClN5O3. The molecule has 0 saturated carbocycles. The molecule has 8 nitrogen and oxygen atoms in total. The maximum atomic E-state index is 13.4. The van der Waals surface area contributed by atoms with Crippen LogP contribution in [0.1, 0.15) is 31.0 Å². The van der Waals surface area contributed by atoms with Gasteiger partial charge in [-0.05, 0) is 44.7 Å². The number of rotatable bonds is 9. The van der Waals surface area contributed by atoms with E-state index in [0.29, 0.717) is 31.2 Å². The summed E-state index contributed by atoms with van der Waals surface area (Å²) in [7, 11) is 2.09. The summed E-state index contributed by atoms with van der Waals surface area (Å²) in [5.74, 6) is 0.852. The predicted molar refractivity (Wildman–Crippen MR) is 137 cm³/mol. The van der Waals surface area contributed by atoms with Crippen molar-refractivity contribution >= 4 is 17.5 Å². The number of carbonyl (C=O) groups is 1. The van der Waals surface area contributed by atoms with Crippen LogP contribution in [-0.2, 0) is 22.6 Å². The third-order valence-corrected chi connectivity index (χ3v) is 7.26. The van der Waals surface area contributed by atoms with Gasteiger partial charge in [-0.15, -0.1) is 0 Å². The molecule has 2 aromatic rings. The Bertz CT molecular complexity index is 974. The van der Waals surface area contributed by atoms with Crippen molar-refractivity contribution in [3.63, 3.8) is 0 Å². The highest BCUT2D eigenvalue weighted by Gasteiger charge is 2.41. The average molecular weight is 504 g/mol. The molecule has 2 fully saturated rings. The molecule has 1 aromatic carbocycles. The Morgan fingerprint density at radius 3 is 2.63 bits per heavy atom. The molecule has 192 valence electrons. The lowest BCUT2D eigenvalue weighted by Gasteiger charge is -2.43. The van der Waals surface area contributed by atoms with E-state index in [4.69, 9.17) is 21.1 Å². The normalized spacial score (nSPS) is 21.9. The number of ether oxygens (including phenoxy) is 2. The fraction of sp³-hybridized carbons (Fsp3) is 0.615. The van der Waals surface area contributed by atoms with E-state index in [-0.39, 0.29) is 5.91 Å². The molecule has 35 heavy (non-hydrogen) atoms. The summed E-state index contributed by atoms with van der Waals surface area (Å²) in [6, 6.07) is 7.32. The maximum Gasteiger partial charge on any atom is 0.225 e. The number of likely N-dealkylation sites (N-methyl/N-ethyl adjacent to an activating group) is 1. The first-order valence-electron chi connectivity index (χ1n) is 12.6. The molecule has 0 N–H and O–H groups in total. The van der Waals surface area contributed by atoms with Crippen LogP contribution >= 0.6 is 11.6 Å². The molecule has 1 atom stereocenters. The van der Waals surface area contributed by atoms with Crippen molar-refractivity contribution in [3.05, 3.63) is 46.7 Å². The molecule has 3 heterocycles. The fourth-order valence-electron chi connectivity index (χ4n) is 4.81. The summed E-state index contributed by atoms with van der Waals surface area (Å²) >= 11 is 6.04. The van der Waals surface area contributed by atoms with Gasteiger partial charge in [-0.3, -0.25) is 14.4 Å². The second-order valence-corrected chi connectivity index (χ2v) is 10.3. The zero-order valence-corrected chi connectivity index (χ0v) is 22.0. The van der Waals surface area contributed by atoms with Gasteiger partial charge in [0.05, 0.1) is 19.2 Å². The summed E-state index contributed by atoms with van der Waals surface area (Å²) in [5, 5.41) is 5.23. The highest BCUT2D eigenvalue weighted by Crippen LogP contribution is 2.27. The summed E-state index contributed by atoms with van der Waals surface area (Å²) < 4.78 is 14.6. The zero-order valence-electron chi connectivity index (χ0n) is 21.2. The van der Waals surface area contributed by atoms with Crippen molar-refractivity contribution in [2.45, 2.75) is 45.4 Å². The van der Waals surface area contributed by atoms with Crippen molar-refractivity contribution < 1.29 is 14.3 Å². The molecule has 0 aliphatic carbocycles. The molecule has 2 saturated heterocycles. The minimum Gasteiger partial charge on any atom is -0.491 e.